The Hall–Kier alpha value is -1.71. The summed E-state index contributed by atoms with van der Waals surface area (Å²) in [6, 6.07) is 14.2. The van der Waals surface area contributed by atoms with Crippen LogP contribution in [0.3, 0.4) is 0 Å². The van der Waals surface area contributed by atoms with E-state index < -0.39 is 0 Å². The van der Waals surface area contributed by atoms with Crippen LogP contribution in [0.25, 0.3) is 10.9 Å². The van der Waals surface area contributed by atoms with Crippen LogP contribution in [0.15, 0.2) is 54.0 Å². The molecule has 3 aromatic rings. The SMILES string of the molecule is NC(c1cnc2ccccc2c1)c1cccs1. The van der Waals surface area contributed by atoms with Crippen LogP contribution < -0.4 is 5.73 Å². The lowest BCUT2D eigenvalue weighted by Crippen LogP contribution is -2.10. The molecule has 2 aromatic heterocycles. The first kappa shape index (κ1) is 10.4. The molecule has 84 valence electrons. The number of thiophene rings is 1. The van der Waals surface area contributed by atoms with Gasteiger partial charge in [0.15, 0.2) is 0 Å². The van der Waals surface area contributed by atoms with Gasteiger partial charge in [-0.05, 0) is 29.1 Å². The highest BCUT2D eigenvalue weighted by atomic mass is 32.1. The van der Waals surface area contributed by atoms with Gasteiger partial charge in [0.2, 0.25) is 0 Å². The molecule has 0 saturated carbocycles. The zero-order valence-corrected chi connectivity index (χ0v) is 10.0. The van der Waals surface area contributed by atoms with Crippen molar-refractivity contribution in [2.75, 3.05) is 0 Å². The number of hydrogen-bond donors (Lipinski definition) is 1. The number of aromatic nitrogens is 1. The highest BCUT2D eigenvalue weighted by molar-refractivity contribution is 7.10. The van der Waals surface area contributed by atoms with Gasteiger partial charge in [0.25, 0.3) is 0 Å². The zero-order valence-electron chi connectivity index (χ0n) is 9.21. The number of para-hydroxylation sites is 1. The summed E-state index contributed by atoms with van der Waals surface area (Å²) in [7, 11) is 0. The van der Waals surface area contributed by atoms with Crippen molar-refractivity contribution in [3.05, 3.63) is 64.5 Å². The summed E-state index contributed by atoms with van der Waals surface area (Å²) in [5, 5.41) is 3.18. The lowest BCUT2D eigenvalue weighted by atomic mass is 10.1. The van der Waals surface area contributed by atoms with Crippen molar-refractivity contribution in [2.24, 2.45) is 5.73 Å². The standard InChI is InChI=1S/C14H12N2S/c15-14(13-6-3-7-17-13)11-8-10-4-1-2-5-12(10)16-9-11/h1-9,14H,15H2. The molecule has 0 aliphatic heterocycles. The molecule has 0 aliphatic carbocycles. The summed E-state index contributed by atoms with van der Waals surface area (Å²) >= 11 is 1.68. The highest BCUT2D eigenvalue weighted by Crippen LogP contribution is 2.25. The molecule has 0 spiro atoms. The number of nitrogens with two attached hydrogens (primary N) is 1. The van der Waals surface area contributed by atoms with Crippen LogP contribution in [0.2, 0.25) is 0 Å². The van der Waals surface area contributed by atoms with E-state index in [0.29, 0.717) is 0 Å². The largest absolute Gasteiger partial charge is 0.320 e. The Morgan fingerprint density at radius 1 is 1.12 bits per heavy atom. The fourth-order valence-electron chi connectivity index (χ4n) is 1.89. The van der Waals surface area contributed by atoms with Crippen molar-refractivity contribution in [3.63, 3.8) is 0 Å². The second kappa shape index (κ2) is 4.28. The van der Waals surface area contributed by atoms with E-state index in [4.69, 9.17) is 5.73 Å². The summed E-state index contributed by atoms with van der Waals surface area (Å²) in [5.41, 5.74) is 8.29. The van der Waals surface area contributed by atoms with Crippen LogP contribution in [0.1, 0.15) is 16.5 Å². The molecular formula is C14H12N2S. The van der Waals surface area contributed by atoms with Gasteiger partial charge in [0, 0.05) is 16.5 Å². The summed E-state index contributed by atoms with van der Waals surface area (Å²) in [6.45, 7) is 0. The van der Waals surface area contributed by atoms with Crippen LogP contribution in [0, 0.1) is 0 Å². The Bertz CT molecular complexity index is 632. The molecule has 17 heavy (non-hydrogen) atoms. The van der Waals surface area contributed by atoms with Gasteiger partial charge in [-0.1, -0.05) is 24.3 Å². The molecule has 0 amide bonds. The molecule has 0 fully saturated rings. The van der Waals surface area contributed by atoms with E-state index in [0.717, 1.165) is 16.5 Å². The normalized spacial score (nSPS) is 12.8. The maximum absolute atomic E-state index is 6.22. The van der Waals surface area contributed by atoms with Crippen LogP contribution >= 0.6 is 11.3 Å². The predicted octanol–water partition coefficient (Wildman–Crippen LogP) is 3.34. The van der Waals surface area contributed by atoms with Crippen LogP contribution in [0.4, 0.5) is 0 Å². The topological polar surface area (TPSA) is 38.9 Å². The minimum Gasteiger partial charge on any atom is -0.320 e. The number of pyridine rings is 1. The van der Waals surface area contributed by atoms with Crippen molar-refractivity contribution in [1.29, 1.82) is 0 Å². The molecule has 0 radical (unpaired) electrons. The third-order valence-corrected chi connectivity index (χ3v) is 3.78. The van der Waals surface area contributed by atoms with Crippen molar-refractivity contribution in [3.8, 4) is 0 Å². The quantitative estimate of drug-likeness (QED) is 0.746. The lowest BCUT2D eigenvalue weighted by Gasteiger charge is -2.10. The number of rotatable bonds is 2. The molecule has 2 nitrogen and oxygen atoms in total. The van der Waals surface area contributed by atoms with E-state index in [2.05, 4.69) is 23.2 Å². The summed E-state index contributed by atoms with van der Waals surface area (Å²) in [6.07, 6.45) is 1.87. The third-order valence-electron chi connectivity index (χ3n) is 2.82. The third kappa shape index (κ3) is 1.95. The lowest BCUT2D eigenvalue weighted by molar-refractivity contribution is 0.888. The van der Waals surface area contributed by atoms with Crippen LogP contribution in [-0.4, -0.2) is 4.98 Å². The predicted molar refractivity (Wildman–Crippen MR) is 72.1 cm³/mol. The molecule has 1 atom stereocenters. The van der Waals surface area contributed by atoms with Crippen molar-refractivity contribution < 1.29 is 0 Å². The molecular weight excluding hydrogens is 228 g/mol. The Labute approximate surface area is 104 Å². The van der Waals surface area contributed by atoms with Gasteiger partial charge in [-0.15, -0.1) is 11.3 Å². The molecule has 1 unspecified atom stereocenters. The van der Waals surface area contributed by atoms with Crippen LogP contribution in [0.5, 0.6) is 0 Å². The molecule has 2 N–H and O–H groups in total. The van der Waals surface area contributed by atoms with Crippen molar-refractivity contribution >= 4 is 22.2 Å². The fourth-order valence-corrected chi connectivity index (χ4v) is 2.64. The molecule has 2 heterocycles. The smallest absolute Gasteiger partial charge is 0.0702 e. The first-order valence-corrected chi connectivity index (χ1v) is 6.36. The van der Waals surface area contributed by atoms with Crippen molar-refractivity contribution in [1.82, 2.24) is 4.98 Å². The Balaban J connectivity index is 2.06. The number of hydrogen-bond acceptors (Lipinski definition) is 3. The highest BCUT2D eigenvalue weighted by Gasteiger charge is 2.10. The van der Waals surface area contributed by atoms with Gasteiger partial charge in [-0.25, -0.2) is 0 Å². The molecule has 0 saturated heterocycles. The molecule has 0 aliphatic rings. The summed E-state index contributed by atoms with van der Waals surface area (Å²) in [5.74, 6) is 0. The van der Waals surface area contributed by atoms with Gasteiger partial charge >= 0.3 is 0 Å². The zero-order chi connectivity index (χ0) is 11.7. The second-order valence-corrected chi connectivity index (χ2v) is 4.93. The molecule has 3 heteroatoms. The Kier molecular flexibility index (Phi) is 2.63. The Morgan fingerprint density at radius 2 is 2.00 bits per heavy atom. The van der Waals surface area contributed by atoms with Gasteiger partial charge in [-0.2, -0.15) is 0 Å². The van der Waals surface area contributed by atoms with E-state index in [9.17, 15) is 0 Å². The maximum atomic E-state index is 6.22. The van der Waals surface area contributed by atoms with Gasteiger partial charge < -0.3 is 5.73 Å². The number of benzene rings is 1. The second-order valence-electron chi connectivity index (χ2n) is 3.95. The first-order valence-electron chi connectivity index (χ1n) is 5.48. The average molecular weight is 240 g/mol. The fraction of sp³-hybridized carbons (Fsp3) is 0.0714. The van der Waals surface area contributed by atoms with E-state index >= 15 is 0 Å². The molecule has 3 rings (SSSR count). The Morgan fingerprint density at radius 3 is 2.82 bits per heavy atom. The van der Waals surface area contributed by atoms with E-state index in [1.165, 1.54) is 4.88 Å². The van der Waals surface area contributed by atoms with Gasteiger partial charge in [-0.3, -0.25) is 4.98 Å². The van der Waals surface area contributed by atoms with E-state index in [1.54, 1.807) is 11.3 Å². The van der Waals surface area contributed by atoms with E-state index in [1.807, 2.05) is 35.8 Å². The van der Waals surface area contributed by atoms with Gasteiger partial charge in [0.05, 0.1) is 11.6 Å². The number of nitrogens with zero attached hydrogens (tertiary/aromatic N) is 1. The van der Waals surface area contributed by atoms with Gasteiger partial charge in [0.1, 0.15) is 0 Å². The van der Waals surface area contributed by atoms with Crippen molar-refractivity contribution in [2.45, 2.75) is 6.04 Å². The molecule has 1 aromatic carbocycles. The maximum Gasteiger partial charge on any atom is 0.0702 e. The summed E-state index contributed by atoms with van der Waals surface area (Å²) in [4.78, 5) is 5.61. The van der Waals surface area contributed by atoms with Crippen LogP contribution in [-0.2, 0) is 0 Å². The minimum atomic E-state index is -0.0768. The minimum absolute atomic E-state index is 0.0768. The van der Waals surface area contributed by atoms with E-state index in [-0.39, 0.29) is 6.04 Å². The number of fused-ring (bicyclic) bond motifs is 1. The first-order chi connectivity index (χ1) is 8.34. The molecule has 0 bridgehead atoms. The monoisotopic (exact) mass is 240 g/mol. The summed E-state index contributed by atoms with van der Waals surface area (Å²) < 4.78 is 0. The average Bonchev–Trinajstić information content (AvgIpc) is 2.91.